The van der Waals surface area contributed by atoms with Gasteiger partial charge in [-0.3, -0.25) is 0 Å². The van der Waals surface area contributed by atoms with Crippen LogP contribution in [0, 0.1) is 0 Å². The molecule has 1 aliphatic rings. The molecule has 0 radical (unpaired) electrons. The van der Waals surface area contributed by atoms with Crippen molar-refractivity contribution in [1.82, 2.24) is 9.97 Å². The number of carboxylic acid groups (broad SMARTS) is 1. The van der Waals surface area contributed by atoms with E-state index in [0.29, 0.717) is 24.8 Å². The summed E-state index contributed by atoms with van der Waals surface area (Å²) >= 11 is 0. The molecule has 0 saturated carbocycles. The minimum Gasteiger partial charge on any atom is -0.481 e. The van der Waals surface area contributed by atoms with Gasteiger partial charge < -0.3 is 14.7 Å². The fourth-order valence-electron chi connectivity index (χ4n) is 1.85. The van der Waals surface area contributed by atoms with Gasteiger partial charge in [0.25, 0.3) is 0 Å². The van der Waals surface area contributed by atoms with E-state index in [9.17, 15) is 4.79 Å². The van der Waals surface area contributed by atoms with Crippen LogP contribution in [0.1, 0.15) is 12.8 Å². The highest BCUT2D eigenvalue weighted by molar-refractivity contribution is 5.78. The first-order valence-corrected chi connectivity index (χ1v) is 5.09. The zero-order chi connectivity index (χ0) is 11.5. The van der Waals surface area contributed by atoms with E-state index in [4.69, 9.17) is 9.84 Å². The first-order chi connectivity index (χ1) is 7.72. The molecule has 1 aromatic heterocycles. The van der Waals surface area contributed by atoms with Gasteiger partial charge in [-0.1, -0.05) is 0 Å². The number of nitrogens with zero attached hydrogens (tertiary/aromatic N) is 3. The Hall–Kier alpha value is -1.85. The summed E-state index contributed by atoms with van der Waals surface area (Å²) in [4.78, 5) is 20.9. The summed E-state index contributed by atoms with van der Waals surface area (Å²) in [6.45, 7) is 0.671. The van der Waals surface area contributed by atoms with E-state index < -0.39 is 12.0 Å². The van der Waals surface area contributed by atoms with Crippen molar-refractivity contribution < 1.29 is 14.6 Å². The van der Waals surface area contributed by atoms with Gasteiger partial charge in [-0.15, -0.1) is 0 Å². The van der Waals surface area contributed by atoms with Crippen molar-refractivity contribution in [3.05, 3.63) is 12.3 Å². The second-order valence-electron chi connectivity index (χ2n) is 3.59. The minimum atomic E-state index is -0.830. The van der Waals surface area contributed by atoms with Gasteiger partial charge in [0.15, 0.2) is 0 Å². The Morgan fingerprint density at radius 1 is 1.69 bits per heavy atom. The van der Waals surface area contributed by atoms with Crippen molar-refractivity contribution in [3.63, 3.8) is 0 Å². The second kappa shape index (κ2) is 4.34. The highest BCUT2D eigenvalue weighted by Gasteiger charge is 2.32. The van der Waals surface area contributed by atoms with Gasteiger partial charge >= 0.3 is 5.97 Å². The second-order valence-corrected chi connectivity index (χ2v) is 3.59. The maximum atomic E-state index is 11.0. The Labute approximate surface area is 92.9 Å². The SMILES string of the molecule is COc1ccnc(N2CCC[C@@H]2C(=O)O)n1. The fourth-order valence-corrected chi connectivity index (χ4v) is 1.85. The third kappa shape index (κ3) is 1.91. The first-order valence-electron chi connectivity index (χ1n) is 5.09. The molecule has 0 aromatic carbocycles. The molecule has 2 heterocycles. The van der Waals surface area contributed by atoms with Gasteiger partial charge in [0.2, 0.25) is 11.8 Å². The Bertz CT molecular complexity index is 397. The molecule has 0 bridgehead atoms. The van der Waals surface area contributed by atoms with Crippen molar-refractivity contribution in [2.45, 2.75) is 18.9 Å². The Balaban J connectivity index is 2.25. The van der Waals surface area contributed by atoms with Crippen molar-refractivity contribution in [3.8, 4) is 5.88 Å². The molecule has 2 rings (SSSR count). The van der Waals surface area contributed by atoms with Crippen LogP contribution in [0.5, 0.6) is 5.88 Å². The number of aromatic nitrogens is 2. The van der Waals surface area contributed by atoms with E-state index in [0.717, 1.165) is 6.42 Å². The van der Waals surface area contributed by atoms with E-state index >= 15 is 0 Å². The molecule has 0 unspecified atom stereocenters. The van der Waals surface area contributed by atoms with Gasteiger partial charge in [-0.05, 0) is 12.8 Å². The van der Waals surface area contributed by atoms with Crippen molar-refractivity contribution in [2.24, 2.45) is 0 Å². The third-order valence-corrected chi connectivity index (χ3v) is 2.62. The number of carboxylic acids is 1. The van der Waals surface area contributed by atoms with Crippen molar-refractivity contribution in [2.75, 3.05) is 18.6 Å². The standard InChI is InChI=1S/C10H13N3O3/c1-16-8-4-5-11-10(12-8)13-6-2-3-7(13)9(14)15/h4-5,7H,2-3,6H2,1H3,(H,14,15)/t7-/m1/s1. The Kier molecular flexibility index (Phi) is 2.89. The molecule has 1 aliphatic heterocycles. The number of ether oxygens (including phenoxy) is 1. The number of carbonyl (C=O) groups is 1. The van der Waals surface area contributed by atoms with Crippen LogP contribution >= 0.6 is 0 Å². The topological polar surface area (TPSA) is 75.5 Å². The van der Waals surface area contributed by atoms with Crippen LogP contribution in [0.3, 0.4) is 0 Å². The lowest BCUT2D eigenvalue weighted by Gasteiger charge is -2.21. The quantitative estimate of drug-likeness (QED) is 0.806. The summed E-state index contributed by atoms with van der Waals surface area (Å²) in [6.07, 6.45) is 3.05. The molecule has 0 amide bonds. The van der Waals surface area contributed by atoms with Crippen LogP contribution in [0.15, 0.2) is 12.3 Å². The molecular weight excluding hydrogens is 210 g/mol. The first kappa shape index (κ1) is 10.7. The number of anilines is 1. The zero-order valence-electron chi connectivity index (χ0n) is 8.96. The number of hydrogen-bond acceptors (Lipinski definition) is 5. The predicted octanol–water partition coefficient (Wildman–Crippen LogP) is 0.539. The molecule has 0 spiro atoms. The maximum Gasteiger partial charge on any atom is 0.326 e. The largest absolute Gasteiger partial charge is 0.481 e. The molecule has 1 N–H and O–H groups in total. The van der Waals surface area contributed by atoms with E-state index in [1.54, 1.807) is 17.2 Å². The Morgan fingerprint density at radius 2 is 2.50 bits per heavy atom. The molecule has 86 valence electrons. The molecule has 0 aliphatic carbocycles. The van der Waals surface area contributed by atoms with E-state index in [2.05, 4.69) is 9.97 Å². The number of aliphatic carboxylic acids is 1. The lowest BCUT2D eigenvalue weighted by molar-refractivity contribution is -0.138. The summed E-state index contributed by atoms with van der Waals surface area (Å²) in [5, 5.41) is 9.04. The summed E-state index contributed by atoms with van der Waals surface area (Å²) < 4.78 is 4.98. The molecule has 1 aromatic rings. The predicted molar refractivity (Wildman–Crippen MR) is 56.6 cm³/mol. The van der Waals surface area contributed by atoms with Crippen molar-refractivity contribution >= 4 is 11.9 Å². The van der Waals surface area contributed by atoms with Crippen LogP contribution in [-0.4, -0.2) is 40.7 Å². The van der Waals surface area contributed by atoms with Gasteiger partial charge in [-0.2, -0.15) is 4.98 Å². The zero-order valence-corrected chi connectivity index (χ0v) is 8.96. The summed E-state index contributed by atoms with van der Waals surface area (Å²) in [6, 6.07) is 1.11. The van der Waals surface area contributed by atoms with E-state index in [1.807, 2.05) is 0 Å². The molecule has 6 nitrogen and oxygen atoms in total. The third-order valence-electron chi connectivity index (χ3n) is 2.62. The lowest BCUT2D eigenvalue weighted by Crippen LogP contribution is -2.37. The number of hydrogen-bond donors (Lipinski definition) is 1. The monoisotopic (exact) mass is 223 g/mol. The van der Waals surface area contributed by atoms with Crippen molar-refractivity contribution in [1.29, 1.82) is 0 Å². The number of methoxy groups -OCH3 is 1. The van der Waals surface area contributed by atoms with Gasteiger partial charge in [-0.25, -0.2) is 9.78 Å². The van der Waals surface area contributed by atoms with Crippen LogP contribution in [0.25, 0.3) is 0 Å². The molecule has 1 atom stereocenters. The lowest BCUT2D eigenvalue weighted by atomic mass is 10.2. The van der Waals surface area contributed by atoms with Crippen LogP contribution in [0.2, 0.25) is 0 Å². The molecule has 16 heavy (non-hydrogen) atoms. The summed E-state index contributed by atoms with van der Waals surface area (Å²) in [5.74, 6) is 0.0363. The molecule has 1 fully saturated rings. The summed E-state index contributed by atoms with van der Waals surface area (Å²) in [7, 11) is 1.52. The molecule has 1 saturated heterocycles. The fraction of sp³-hybridized carbons (Fsp3) is 0.500. The van der Waals surface area contributed by atoms with Gasteiger partial charge in [0.05, 0.1) is 7.11 Å². The van der Waals surface area contributed by atoms with Crippen LogP contribution in [-0.2, 0) is 4.79 Å². The van der Waals surface area contributed by atoms with Crippen LogP contribution < -0.4 is 9.64 Å². The average Bonchev–Trinajstić information content (AvgIpc) is 2.78. The smallest absolute Gasteiger partial charge is 0.326 e. The van der Waals surface area contributed by atoms with E-state index in [1.165, 1.54) is 7.11 Å². The van der Waals surface area contributed by atoms with Gasteiger partial charge in [0.1, 0.15) is 6.04 Å². The normalized spacial score (nSPS) is 19.8. The van der Waals surface area contributed by atoms with Gasteiger partial charge in [0, 0.05) is 18.8 Å². The molecule has 6 heteroatoms. The minimum absolute atomic E-state index is 0.421. The number of rotatable bonds is 3. The highest BCUT2D eigenvalue weighted by atomic mass is 16.5. The summed E-state index contributed by atoms with van der Waals surface area (Å²) in [5.41, 5.74) is 0. The highest BCUT2D eigenvalue weighted by Crippen LogP contribution is 2.23. The van der Waals surface area contributed by atoms with E-state index in [-0.39, 0.29) is 0 Å². The molecular formula is C10H13N3O3. The maximum absolute atomic E-state index is 11.0. The van der Waals surface area contributed by atoms with Crippen LogP contribution in [0.4, 0.5) is 5.95 Å². The average molecular weight is 223 g/mol. The Morgan fingerprint density at radius 3 is 3.19 bits per heavy atom.